The molecule has 0 atom stereocenters. The number of sulfonamides is 1. The maximum absolute atomic E-state index is 13.1. The molecule has 0 N–H and O–H groups in total. The summed E-state index contributed by atoms with van der Waals surface area (Å²) < 4.78 is 27.8. The van der Waals surface area contributed by atoms with Crippen LogP contribution in [0.5, 0.6) is 0 Å². The normalized spacial score (nSPS) is 15.6. The van der Waals surface area contributed by atoms with Gasteiger partial charge < -0.3 is 9.80 Å². The highest BCUT2D eigenvalue weighted by atomic mass is 32.2. The van der Waals surface area contributed by atoms with Gasteiger partial charge in [-0.1, -0.05) is 30.3 Å². The number of benzene rings is 2. The van der Waals surface area contributed by atoms with Crippen LogP contribution in [0.25, 0.3) is 10.8 Å². The van der Waals surface area contributed by atoms with Crippen LogP contribution >= 0.6 is 0 Å². The lowest BCUT2D eigenvalue weighted by atomic mass is 10.1. The third-order valence-corrected chi connectivity index (χ3v) is 7.06. The van der Waals surface area contributed by atoms with E-state index in [0.29, 0.717) is 37.0 Å². The second kappa shape index (κ2) is 7.61. The Labute approximate surface area is 171 Å². The topological polar surface area (TPSA) is 69.6 Å². The summed E-state index contributed by atoms with van der Waals surface area (Å²) in [6.07, 6.45) is 0. The smallest absolute Gasteiger partial charge is 0.243 e. The van der Waals surface area contributed by atoms with Crippen molar-refractivity contribution in [3.8, 4) is 0 Å². The third kappa shape index (κ3) is 3.90. The van der Waals surface area contributed by atoms with E-state index in [0.717, 1.165) is 22.3 Å². The zero-order valence-corrected chi connectivity index (χ0v) is 17.7. The number of piperazine rings is 1. The molecule has 0 bridgehead atoms. The standard InChI is InChI=1S/C21H25N5O2S/c1-16-14-20(24(2)3)23-21(22-16)25-10-12-26(13-11-25)29(27,28)19-9-8-17-6-4-5-7-18(17)15-19/h4-9,14-15H,10-13H2,1-3H3. The van der Waals surface area contributed by atoms with Crippen LogP contribution in [-0.2, 0) is 10.0 Å². The number of hydrogen-bond donors (Lipinski definition) is 0. The molecule has 0 saturated carbocycles. The van der Waals surface area contributed by atoms with E-state index >= 15 is 0 Å². The average molecular weight is 412 g/mol. The Bertz CT molecular complexity index is 1140. The average Bonchev–Trinajstić information content (AvgIpc) is 2.73. The van der Waals surface area contributed by atoms with Gasteiger partial charge >= 0.3 is 0 Å². The largest absolute Gasteiger partial charge is 0.363 e. The minimum absolute atomic E-state index is 0.339. The summed E-state index contributed by atoms with van der Waals surface area (Å²) in [6, 6.07) is 15.0. The Kier molecular flexibility index (Phi) is 5.14. The van der Waals surface area contributed by atoms with Crippen LogP contribution in [0.3, 0.4) is 0 Å². The SMILES string of the molecule is Cc1cc(N(C)C)nc(N2CCN(S(=O)(=O)c3ccc4ccccc4c3)CC2)n1. The molecule has 0 aliphatic carbocycles. The van der Waals surface area contributed by atoms with E-state index in [9.17, 15) is 8.42 Å². The van der Waals surface area contributed by atoms with Crippen molar-refractivity contribution in [2.24, 2.45) is 0 Å². The maximum Gasteiger partial charge on any atom is 0.243 e. The van der Waals surface area contributed by atoms with Gasteiger partial charge in [0.2, 0.25) is 16.0 Å². The van der Waals surface area contributed by atoms with Gasteiger partial charge in [0, 0.05) is 52.0 Å². The predicted molar refractivity (Wildman–Crippen MR) is 116 cm³/mol. The molecule has 0 unspecified atom stereocenters. The highest BCUT2D eigenvalue weighted by Crippen LogP contribution is 2.24. The number of rotatable bonds is 4. The van der Waals surface area contributed by atoms with Gasteiger partial charge in [0.05, 0.1) is 4.90 Å². The van der Waals surface area contributed by atoms with Crippen LogP contribution in [0.2, 0.25) is 0 Å². The zero-order chi connectivity index (χ0) is 20.6. The van der Waals surface area contributed by atoms with Gasteiger partial charge in [-0.05, 0) is 29.8 Å². The fourth-order valence-corrected chi connectivity index (χ4v) is 4.97. The molecule has 2 aromatic carbocycles. The van der Waals surface area contributed by atoms with E-state index < -0.39 is 10.0 Å². The molecule has 1 aliphatic heterocycles. The molecule has 2 heterocycles. The van der Waals surface area contributed by atoms with Crippen molar-refractivity contribution < 1.29 is 8.42 Å². The lowest BCUT2D eigenvalue weighted by Gasteiger charge is -2.34. The van der Waals surface area contributed by atoms with Crippen LogP contribution in [0.1, 0.15) is 5.69 Å². The molecule has 7 nitrogen and oxygen atoms in total. The predicted octanol–water partition coefficient (Wildman–Crippen LogP) is 2.52. The maximum atomic E-state index is 13.1. The number of aryl methyl sites for hydroxylation is 1. The minimum atomic E-state index is -3.53. The Hall–Kier alpha value is -2.71. The second-order valence-corrected chi connectivity index (χ2v) is 9.40. The second-order valence-electron chi connectivity index (χ2n) is 7.46. The van der Waals surface area contributed by atoms with Gasteiger partial charge in [-0.15, -0.1) is 0 Å². The van der Waals surface area contributed by atoms with Gasteiger partial charge in [0.25, 0.3) is 0 Å². The molecular weight excluding hydrogens is 386 g/mol. The Morgan fingerprint density at radius 3 is 2.28 bits per heavy atom. The molecule has 1 saturated heterocycles. The van der Waals surface area contributed by atoms with E-state index in [4.69, 9.17) is 0 Å². The van der Waals surface area contributed by atoms with Gasteiger partial charge in [0.15, 0.2) is 0 Å². The Balaban J connectivity index is 1.53. The molecule has 0 spiro atoms. The van der Waals surface area contributed by atoms with Crippen LogP contribution in [0, 0.1) is 6.92 Å². The Morgan fingerprint density at radius 1 is 0.897 bits per heavy atom. The molecule has 152 valence electrons. The molecular formula is C21H25N5O2S. The first-order valence-electron chi connectivity index (χ1n) is 9.61. The molecule has 8 heteroatoms. The van der Waals surface area contributed by atoms with Gasteiger partial charge in [-0.25, -0.2) is 13.4 Å². The summed E-state index contributed by atoms with van der Waals surface area (Å²) in [5, 5.41) is 1.96. The van der Waals surface area contributed by atoms with Crippen molar-refractivity contribution in [2.75, 3.05) is 50.1 Å². The molecule has 0 amide bonds. The van der Waals surface area contributed by atoms with Crippen LogP contribution in [0.15, 0.2) is 53.4 Å². The first-order chi connectivity index (χ1) is 13.8. The molecule has 1 aliphatic rings. The van der Waals surface area contributed by atoms with Gasteiger partial charge in [-0.2, -0.15) is 9.29 Å². The minimum Gasteiger partial charge on any atom is -0.363 e. The summed E-state index contributed by atoms with van der Waals surface area (Å²) in [5.41, 5.74) is 0.893. The fourth-order valence-electron chi connectivity index (χ4n) is 3.51. The third-order valence-electron chi connectivity index (χ3n) is 5.17. The van der Waals surface area contributed by atoms with Gasteiger partial charge in [-0.3, -0.25) is 0 Å². The molecule has 1 fully saturated rings. The summed E-state index contributed by atoms with van der Waals surface area (Å²) in [5.74, 6) is 1.50. The zero-order valence-electron chi connectivity index (χ0n) is 16.9. The summed E-state index contributed by atoms with van der Waals surface area (Å²) >= 11 is 0. The monoisotopic (exact) mass is 411 g/mol. The van der Waals surface area contributed by atoms with Crippen molar-refractivity contribution in [1.82, 2.24) is 14.3 Å². The first-order valence-corrected chi connectivity index (χ1v) is 11.1. The number of fused-ring (bicyclic) bond motifs is 1. The Morgan fingerprint density at radius 2 is 1.59 bits per heavy atom. The lowest BCUT2D eigenvalue weighted by Crippen LogP contribution is -2.49. The van der Waals surface area contributed by atoms with Crippen molar-refractivity contribution in [2.45, 2.75) is 11.8 Å². The van der Waals surface area contributed by atoms with Gasteiger partial charge in [0.1, 0.15) is 5.82 Å². The van der Waals surface area contributed by atoms with E-state index in [1.807, 2.05) is 67.2 Å². The number of nitrogens with zero attached hydrogens (tertiary/aromatic N) is 5. The first kappa shape index (κ1) is 19.6. The summed E-state index contributed by atoms with van der Waals surface area (Å²) in [7, 11) is 0.357. The van der Waals surface area contributed by atoms with Crippen molar-refractivity contribution in [3.05, 3.63) is 54.2 Å². The van der Waals surface area contributed by atoms with Crippen molar-refractivity contribution >= 4 is 32.6 Å². The van der Waals surface area contributed by atoms with Crippen molar-refractivity contribution in [1.29, 1.82) is 0 Å². The summed E-state index contributed by atoms with van der Waals surface area (Å²) in [6.45, 7) is 3.87. The summed E-state index contributed by atoms with van der Waals surface area (Å²) in [4.78, 5) is 13.5. The van der Waals surface area contributed by atoms with Crippen molar-refractivity contribution in [3.63, 3.8) is 0 Å². The fraction of sp³-hybridized carbons (Fsp3) is 0.333. The van der Waals surface area contributed by atoms with Crippen LogP contribution in [-0.4, -0.2) is 63.0 Å². The van der Waals surface area contributed by atoms with E-state index in [2.05, 4.69) is 9.97 Å². The highest BCUT2D eigenvalue weighted by Gasteiger charge is 2.29. The van der Waals surface area contributed by atoms with E-state index in [1.54, 1.807) is 16.4 Å². The van der Waals surface area contributed by atoms with E-state index in [1.165, 1.54) is 0 Å². The lowest BCUT2D eigenvalue weighted by molar-refractivity contribution is 0.382. The molecule has 0 radical (unpaired) electrons. The number of aromatic nitrogens is 2. The molecule has 1 aromatic heterocycles. The van der Waals surface area contributed by atoms with E-state index in [-0.39, 0.29) is 0 Å². The number of anilines is 2. The highest BCUT2D eigenvalue weighted by molar-refractivity contribution is 7.89. The molecule has 29 heavy (non-hydrogen) atoms. The van der Waals surface area contributed by atoms with Crippen LogP contribution in [0.4, 0.5) is 11.8 Å². The molecule has 3 aromatic rings. The van der Waals surface area contributed by atoms with Crippen LogP contribution < -0.4 is 9.80 Å². The number of hydrogen-bond acceptors (Lipinski definition) is 6. The molecule has 4 rings (SSSR count). The quantitative estimate of drug-likeness (QED) is 0.657.